The van der Waals surface area contributed by atoms with Gasteiger partial charge in [-0.1, -0.05) is 12.1 Å². The number of nitrogens with zero attached hydrogens (tertiary/aromatic N) is 1. The number of thiazole rings is 1. The Morgan fingerprint density at radius 2 is 2.20 bits per heavy atom. The Balaban J connectivity index is 1.88. The second-order valence-electron chi connectivity index (χ2n) is 4.51. The van der Waals surface area contributed by atoms with Gasteiger partial charge in [0.15, 0.2) is 0 Å². The summed E-state index contributed by atoms with van der Waals surface area (Å²) < 4.78 is 26.5. The molecular formula is C13H17N3O2S2. The number of nitrogens with one attached hydrogen (secondary N) is 1. The molecule has 1 heterocycles. The van der Waals surface area contributed by atoms with Crippen molar-refractivity contribution in [2.45, 2.75) is 19.1 Å². The van der Waals surface area contributed by atoms with Crippen molar-refractivity contribution in [1.82, 2.24) is 9.71 Å². The van der Waals surface area contributed by atoms with Crippen LogP contribution in [0.1, 0.15) is 16.3 Å². The Morgan fingerprint density at radius 1 is 1.40 bits per heavy atom. The number of benzene rings is 1. The predicted molar refractivity (Wildman–Crippen MR) is 82.0 cm³/mol. The first-order chi connectivity index (χ1) is 9.44. The van der Waals surface area contributed by atoms with Crippen LogP contribution in [0.3, 0.4) is 0 Å². The number of nitrogens with two attached hydrogens (primary N) is 1. The zero-order chi connectivity index (χ0) is 14.6. The third kappa shape index (κ3) is 4.59. The van der Waals surface area contributed by atoms with Crippen LogP contribution >= 0.6 is 11.3 Å². The minimum absolute atomic E-state index is 0.0614. The molecule has 0 amide bonds. The molecule has 1 aromatic heterocycles. The summed E-state index contributed by atoms with van der Waals surface area (Å²) in [5.41, 5.74) is 7.80. The van der Waals surface area contributed by atoms with Crippen LogP contribution < -0.4 is 10.5 Å². The van der Waals surface area contributed by atoms with Crippen LogP contribution in [0.25, 0.3) is 0 Å². The highest BCUT2D eigenvalue weighted by atomic mass is 32.2. The van der Waals surface area contributed by atoms with Crippen LogP contribution in [0.5, 0.6) is 0 Å². The summed E-state index contributed by atoms with van der Waals surface area (Å²) in [5.74, 6) is -0.0614. The van der Waals surface area contributed by atoms with E-state index in [1.54, 1.807) is 35.6 Å². The molecule has 0 saturated heterocycles. The number of sulfonamides is 1. The average Bonchev–Trinajstić information content (AvgIpc) is 2.74. The zero-order valence-electron chi connectivity index (χ0n) is 11.2. The van der Waals surface area contributed by atoms with E-state index >= 15 is 0 Å². The molecule has 0 spiro atoms. The van der Waals surface area contributed by atoms with Gasteiger partial charge < -0.3 is 5.73 Å². The molecule has 7 heteroatoms. The number of aryl methyl sites for hydroxylation is 1. The lowest BCUT2D eigenvalue weighted by Crippen LogP contribution is -2.27. The minimum Gasteiger partial charge on any atom is -0.399 e. The number of hydrogen-bond acceptors (Lipinski definition) is 5. The maximum absolute atomic E-state index is 11.9. The van der Waals surface area contributed by atoms with Crippen LogP contribution in [0, 0.1) is 6.92 Å². The van der Waals surface area contributed by atoms with Gasteiger partial charge in [0, 0.05) is 24.0 Å². The summed E-state index contributed by atoms with van der Waals surface area (Å²) in [6.45, 7) is 2.28. The third-order valence-corrected chi connectivity index (χ3v) is 4.86. The molecule has 1 aromatic carbocycles. The van der Waals surface area contributed by atoms with Gasteiger partial charge in [-0.25, -0.2) is 18.1 Å². The van der Waals surface area contributed by atoms with Crippen molar-refractivity contribution in [3.8, 4) is 0 Å². The van der Waals surface area contributed by atoms with Crippen LogP contribution in [0.4, 0.5) is 5.69 Å². The van der Waals surface area contributed by atoms with E-state index in [4.69, 9.17) is 5.73 Å². The highest BCUT2D eigenvalue weighted by molar-refractivity contribution is 7.88. The van der Waals surface area contributed by atoms with Gasteiger partial charge in [0.25, 0.3) is 0 Å². The molecule has 0 saturated carbocycles. The lowest BCUT2D eigenvalue weighted by Gasteiger charge is -2.06. The highest BCUT2D eigenvalue weighted by Crippen LogP contribution is 2.10. The molecule has 0 atom stereocenters. The molecule has 3 N–H and O–H groups in total. The second-order valence-corrected chi connectivity index (χ2v) is 7.38. The lowest BCUT2D eigenvalue weighted by molar-refractivity contribution is 0.580. The first kappa shape index (κ1) is 15.0. The summed E-state index contributed by atoms with van der Waals surface area (Å²) in [7, 11) is -3.34. The first-order valence-electron chi connectivity index (χ1n) is 6.17. The minimum atomic E-state index is -3.34. The van der Waals surface area contributed by atoms with E-state index in [2.05, 4.69) is 9.71 Å². The van der Waals surface area contributed by atoms with Crippen molar-refractivity contribution in [2.75, 3.05) is 12.3 Å². The smallest absolute Gasteiger partial charge is 0.215 e. The maximum Gasteiger partial charge on any atom is 0.215 e. The largest absolute Gasteiger partial charge is 0.399 e. The van der Waals surface area contributed by atoms with Gasteiger partial charge in [-0.15, -0.1) is 11.3 Å². The van der Waals surface area contributed by atoms with Crippen molar-refractivity contribution >= 4 is 27.0 Å². The average molecular weight is 311 g/mol. The van der Waals surface area contributed by atoms with Crippen molar-refractivity contribution < 1.29 is 8.42 Å². The van der Waals surface area contributed by atoms with Crippen LogP contribution in [-0.4, -0.2) is 19.9 Å². The Labute approximate surface area is 122 Å². The summed E-state index contributed by atoms with van der Waals surface area (Å²) in [6, 6.07) is 6.90. The molecule has 5 nitrogen and oxygen atoms in total. The lowest BCUT2D eigenvalue weighted by atomic mass is 10.2. The van der Waals surface area contributed by atoms with E-state index in [0.29, 0.717) is 24.2 Å². The molecule has 108 valence electrons. The molecule has 2 rings (SSSR count). The third-order valence-electron chi connectivity index (χ3n) is 2.68. The van der Waals surface area contributed by atoms with Gasteiger partial charge in [-0.05, 0) is 24.6 Å². The van der Waals surface area contributed by atoms with Gasteiger partial charge in [-0.2, -0.15) is 0 Å². The molecule has 0 radical (unpaired) electrons. The van der Waals surface area contributed by atoms with Crippen LogP contribution in [-0.2, 0) is 22.2 Å². The highest BCUT2D eigenvalue weighted by Gasteiger charge is 2.11. The summed E-state index contributed by atoms with van der Waals surface area (Å²) in [6.07, 6.45) is 0.598. The predicted octanol–water partition coefficient (Wildman–Crippen LogP) is 1.70. The molecule has 0 fully saturated rings. The quantitative estimate of drug-likeness (QED) is 0.795. The Hall–Kier alpha value is -1.44. The topological polar surface area (TPSA) is 85.1 Å². The fourth-order valence-corrected chi connectivity index (χ4v) is 3.59. The van der Waals surface area contributed by atoms with E-state index < -0.39 is 10.0 Å². The van der Waals surface area contributed by atoms with Gasteiger partial charge >= 0.3 is 0 Å². The van der Waals surface area contributed by atoms with Gasteiger partial charge in [0.1, 0.15) is 0 Å². The van der Waals surface area contributed by atoms with Crippen LogP contribution in [0.2, 0.25) is 0 Å². The Morgan fingerprint density at radius 3 is 2.85 bits per heavy atom. The molecule has 0 bridgehead atoms. The monoisotopic (exact) mass is 311 g/mol. The first-order valence-corrected chi connectivity index (χ1v) is 8.70. The fourth-order valence-electron chi connectivity index (χ4n) is 1.81. The van der Waals surface area contributed by atoms with E-state index in [1.165, 1.54) is 0 Å². The summed E-state index contributed by atoms with van der Waals surface area (Å²) in [5, 5.41) is 2.93. The van der Waals surface area contributed by atoms with Gasteiger partial charge in [-0.3, -0.25) is 0 Å². The maximum atomic E-state index is 11.9. The van der Waals surface area contributed by atoms with E-state index in [9.17, 15) is 8.42 Å². The second kappa shape index (κ2) is 6.34. The van der Waals surface area contributed by atoms with E-state index in [0.717, 1.165) is 10.7 Å². The number of nitrogen functional groups attached to an aromatic ring is 1. The molecule has 0 aliphatic carbocycles. The molecule has 20 heavy (non-hydrogen) atoms. The van der Waals surface area contributed by atoms with E-state index in [-0.39, 0.29) is 5.75 Å². The Kier molecular flexibility index (Phi) is 4.74. The molecule has 2 aromatic rings. The van der Waals surface area contributed by atoms with Gasteiger partial charge in [0.2, 0.25) is 10.0 Å². The zero-order valence-corrected chi connectivity index (χ0v) is 12.8. The number of rotatable bonds is 6. The summed E-state index contributed by atoms with van der Waals surface area (Å²) in [4.78, 5) is 4.29. The van der Waals surface area contributed by atoms with Crippen molar-refractivity contribution in [1.29, 1.82) is 0 Å². The molecule has 0 aliphatic heterocycles. The Bertz CT molecular complexity index is 680. The molecule has 0 unspecified atom stereocenters. The fraction of sp³-hybridized carbons (Fsp3) is 0.308. The SMILES string of the molecule is Cc1nc(CCNS(=O)(=O)Cc2cccc(N)c2)cs1. The van der Waals surface area contributed by atoms with Crippen molar-refractivity contribution in [3.63, 3.8) is 0 Å². The van der Waals surface area contributed by atoms with Crippen LogP contribution in [0.15, 0.2) is 29.6 Å². The summed E-state index contributed by atoms with van der Waals surface area (Å²) >= 11 is 1.56. The number of anilines is 1. The van der Waals surface area contributed by atoms with E-state index in [1.807, 2.05) is 12.3 Å². The normalized spacial score (nSPS) is 11.7. The number of aromatic nitrogens is 1. The standard InChI is InChI=1S/C13H17N3O2S2/c1-10-16-13(8-19-10)5-6-15-20(17,18)9-11-3-2-4-12(14)7-11/h2-4,7-8,15H,5-6,9,14H2,1H3. The van der Waals surface area contributed by atoms with Crippen molar-refractivity contribution in [3.05, 3.63) is 45.9 Å². The molecular weight excluding hydrogens is 294 g/mol. The number of hydrogen-bond donors (Lipinski definition) is 2. The van der Waals surface area contributed by atoms with Gasteiger partial charge in [0.05, 0.1) is 16.5 Å². The van der Waals surface area contributed by atoms with Crippen molar-refractivity contribution in [2.24, 2.45) is 0 Å². The molecule has 0 aliphatic rings.